The van der Waals surface area contributed by atoms with E-state index in [1.54, 1.807) is 29.2 Å². The quantitative estimate of drug-likeness (QED) is 0.485. The highest BCUT2D eigenvalue weighted by atomic mass is 19.1. The van der Waals surface area contributed by atoms with Gasteiger partial charge in [0.1, 0.15) is 11.6 Å². The number of hydrogen-bond acceptors (Lipinski definition) is 3. The molecule has 2 aromatic rings. The summed E-state index contributed by atoms with van der Waals surface area (Å²) in [6.45, 7) is 1.93. The van der Waals surface area contributed by atoms with E-state index < -0.39 is 17.7 Å². The highest BCUT2D eigenvalue weighted by Crippen LogP contribution is 2.43. The molecular weight excluding hydrogens is 357 g/mol. The Balaban J connectivity index is 1.87. The normalized spacial score (nSPS) is 22.2. The summed E-state index contributed by atoms with van der Waals surface area (Å²) < 4.78 is 13.5. The number of aliphatic hydroxyl groups is 1. The number of amides is 1. The SMILES string of the molecule is Cc1ccc(/C(O)=C2/C(=O)C(=O)N(C3CCCC3)C2c2ccc(F)cc2)cc1. The van der Waals surface area contributed by atoms with Crippen molar-refractivity contribution >= 4 is 17.4 Å². The van der Waals surface area contributed by atoms with Crippen LogP contribution in [0.4, 0.5) is 4.39 Å². The molecule has 2 fully saturated rings. The van der Waals surface area contributed by atoms with Crippen LogP contribution in [0.15, 0.2) is 54.1 Å². The fourth-order valence-corrected chi connectivity index (χ4v) is 4.25. The van der Waals surface area contributed by atoms with E-state index in [9.17, 15) is 19.1 Å². The van der Waals surface area contributed by atoms with Crippen LogP contribution in [-0.2, 0) is 9.59 Å². The van der Waals surface area contributed by atoms with Gasteiger partial charge in [-0.2, -0.15) is 0 Å². The number of likely N-dealkylation sites (tertiary alicyclic amines) is 1. The maximum Gasteiger partial charge on any atom is 0.295 e. The van der Waals surface area contributed by atoms with Crippen LogP contribution >= 0.6 is 0 Å². The van der Waals surface area contributed by atoms with E-state index in [-0.39, 0.29) is 23.2 Å². The van der Waals surface area contributed by atoms with E-state index in [4.69, 9.17) is 0 Å². The first kappa shape index (κ1) is 18.4. The molecule has 0 aromatic heterocycles. The maximum atomic E-state index is 13.5. The van der Waals surface area contributed by atoms with Crippen molar-refractivity contribution in [2.75, 3.05) is 0 Å². The molecule has 1 unspecified atom stereocenters. The highest BCUT2D eigenvalue weighted by molar-refractivity contribution is 6.46. The molecule has 0 radical (unpaired) electrons. The average molecular weight is 379 g/mol. The Morgan fingerprint density at radius 3 is 2.21 bits per heavy atom. The molecule has 5 heteroatoms. The molecule has 1 saturated carbocycles. The topological polar surface area (TPSA) is 57.6 Å². The summed E-state index contributed by atoms with van der Waals surface area (Å²) in [5.41, 5.74) is 2.22. The Morgan fingerprint density at radius 2 is 1.61 bits per heavy atom. The van der Waals surface area contributed by atoms with Crippen LogP contribution in [-0.4, -0.2) is 27.7 Å². The molecule has 1 N–H and O–H groups in total. The Labute approximate surface area is 163 Å². The summed E-state index contributed by atoms with van der Waals surface area (Å²) >= 11 is 0. The third-order valence-electron chi connectivity index (χ3n) is 5.71. The van der Waals surface area contributed by atoms with Gasteiger partial charge in [0.05, 0.1) is 11.6 Å². The van der Waals surface area contributed by atoms with Gasteiger partial charge < -0.3 is 10.0 Å². The number of nitrogens with zero attached hydrogens (tertiary/aromatic N) is 1. The van der Waals surface area contributed by atoms with Crippen molar-refractivity contribution in [3.63, 3.8) is 0 Å². The molecule has 2 aromatic carbocycles. The van der Waals surface area contributed by atoms with E-state index in [1.807, 2.05) is 19.1 Å². The zero-order valence-electron chi connectivity index (χ0n) is 15.7. The summed E-state index contributed by atoms with van der Waals surface area (Å²) in [6.07, 6.45) is 3.66. The fraction of sp³-hybridized carbons (Fsp3) is 0.304. The highest BCUT2D eigenvalue weighted by Gasteiger charge is 2.49. The summed E-state index contributed by atoms with van der Waals surface area (Å²) in [6, 6.07) is 12.2. The van der Waals surface area contributed by atoms with Crippen LogP contribution in [0, 0.1) is 12.7 Å². The molecule has 1 atom stereocenters. The smallest absolute Gasteiger partial charge is 0.295 e. The lowest BCUT2D eigenvalue weighted by molar-refractivity contribution is -0.141. The fourth-order valence-electron chi connectivity index (χ4n) is 4.25. The van der Waals surface area contributed by atoms with Crippen molar-refractivity contribution in [3.8, 4) is 0 Å². The third kappa shape index (κ3) is 3.11. The lowest BCUT2D eigenvalue weighted by Crippen LogP contribution is -2.37. The number of halogens is 1. The predicted molar refractivity (Wildman–Crippen MR) is 104 cm³/mol. The minimum atomic E-state index is -0.704. The monoisotopic (exact) mass is 379 g/mol. The lowest BCUT2D eigenvalue weighted by Gasteiger charge is -2.30. The van der Waals surface area contributed by atoms with Gasteiger partial charge in [-0.1, -0.05) is 54.8 Å². The second-order valence-corrected chi connectivity index (χ2v) is 7.56. The van der Waals surface area contributed by atoms with Gasteiger partial charge in [0.25, 0.3) is 11.7 Å². The molecule has 0 bridgehead atoms. The third-order valence-corrected chi connectivity index (χ3v) is 5.71. The number of hydrogen-bond donors (Lipinski definition) is 1. The molecule has 1 saturated heterocycles. The van der Waals surface area contributed by atoms with Gasteiger partial charge >= 0.3 is 0 Å². The Bertz CT molecular complexity index is 941. The average Bonchev–Trinajstić information content (AvgIpc) is 3.30. The van der Waals surface area contributed by atoms with Gasteiger partial charge in [-0.25, -0.2) is 4.39 Å². The molecule has 28 heavy (non-hydrogen) atoms. The predicted octanol–water partition coefficient (Wildman–Crippen LogP) is 4.50. The number of Topliss-reactive ketones (excluding diaryl/α,β-unsaturated/α-hetero) is 1. The van der Waals surface area contributed by atoms with Crippen molar-refractivity contribution in [1.29, 1.82) is 0 Å². The Morgan fingerprint density at radius 1 is 1.00 bits per heavy atom. The van der Waals surface area contributed by atoms with Gasteiger partial charge in [0, 0.05) is 11.6 Å². The molecule has 4 nitrogen and oxygen atoms in total. The molecule has 4 rings (SSSR count). The molecule has 1 heterocycles. The summed E-state index contributed by atoms with van der Waals surface area (Å²) in [5.74, 6) is -1.84. The molecule has 2 aliphatic rings. The summed E-state index contributed by atoms with van der Waals surface area (Å²) in [7, 11) is 0. The van der Waals surface area contributed by atoms with Crippen molar-refractivity contribution in [1.82, 2.24) is 4.90 Å². The molecule has 1 aliphatic carbocycles. The lowest BCUT2D eigenvalue weighted by atomic mass is 9.94. The number of rotatable bonds is 3. The zero-order chi connectivity index (χ0) is 19.8. The van der Waals surface area contributed by atoms with Crippen LogP contribution in [0.2, 0.25) is 0 Å². The maximum absolute atomic E-state index is 13.5. The largest absolute Gasteiger partial charge is 0.507 e. The second-order valence-electron chi connectivity index (χ2n) is 7.56. The molecule has 1 amide bonds. The van der Waals surface area contributed by atoms with Crippen molar-refractivity contribution in [2.24, 2.45) is 0 Å². The first-order valence-corrected chi connectivity index (χ1v) is 9.60. The van der Waals surface area contributed by atoms with Crippen LogP contribution in [0.5, 0.6) is 0 Å². The van der Waals surface area contributed by atoms with E-state index in [0.717, 1.165) is 31.2 Å². The number of aliphatic hydroxyl groups excluding tert-OH is 1. The summed E-state index contributed by atoms with van der Waals surface area (Å²) in [5, 5.41) is 11.0. The van der Waals surface area contributed by atoms with Gasteiger partial charge in [-0.3, -0.25) is 9.59 Å². The minimum Gasteiger partial charge on any atom is -0.507 e. The number of carbonyl (C=O) groups is 2. The molecular formula is C23H22FNO3. The minimum absolute atomic E-state index is 0.0465. The van der Waals surface area contributed by atoms with Crippen molar-refractivity contribution < 1.29 is 19.1 Å². The van der Waals surface area contributed by atoms with Crippen LogP contribution < -0.4 is 0 Å². The first-order chi connectivity index (χ1) is 13.5. The first-order valence-electron chi connectivity index (χ1n) is 9.60. The number of ketones is 1. The zero-order valence-corrected chi connectivity index (χ0v) is 15.7. The number of benzene rings is 2. The van der Waals surface area contributed by atoms with E-state index in [1.165, 1.54) is 12.1 Å². The van der Waals surface area contributed by atoms with Crippen molar-refractivity contribution in [3.05, 3.63) is 76.6 Å². The van der Waals surface area contributed by atoms with E-state index in [0.29, 0.717) is 11.1 Å². The van der Waals surface area contributed by atoms with Gasteiger partial charge in [0.15, 0.2) is 0 Å². The number of carbonyl (C=O) groups excluding carboxylic acids is 2. The van der Waals surface area contributed by atoms with Gasteiger partial charge in [-0.05, 0) is 37.5 Å². The van der Waals surface area contributed by atoms with Gasteiger partial charge in [0.2, 0.25) is 0 Å². The van der Waals surface area contributed by atoms with Crippen molar-refractivity contribution in [2.45, 2.75) is 44.7 Å². The van der Waals surface area contributed by atoms with Crippen LogP contribution in [0.25, 0.3) is 5.76 Å². The standard InChI is InChI=1S/C23H22FNO3/c1-14-6-8-16(9-7-14)21(26)19-20(15-10-12-17(24)13-11-15)25(23(28)22(19)27)18-4-2-3-5-18/h6-13,18,20,26H,2-5H2,1H3/b21-19-. The molecule has 144 valence electrons. The van der Waals surface area contributed by atoms with E-state index >= 15 is 0 Å². The second kappa shape index (κ2) is 7.23. The van der Waals surface area contributed by atoms with Crippen LogP contribution in [0.1, 0.15) is 48.4 Å². The van der Waals surface area contributed by atoms with Crippen LogP contribution in [0.3, 0.4) is 0 Å². The summed E-state index contributed by atoms with van der Waals surface area (Å²) in [4.78, 5) is 27.4. The Kier molecular flexibility index (Phi) is 4.75. The Hall–Kier alpha value is -2.95. The van der Waals surface area contributed by atoms with E-state index in [2.05, 4.69) is 0 Å². The molecule has 0 spiro atoms. The van der Waals surface area contributed by atoms with Gasteiger partial charge in [-0.15, -0.1) is 0 Å². The number of aryl methyl sites for hydroxylation is 1. The molecule has 1 aliphatic heterocycles.